The van der Waals surface area contributed by atoms with E-state index < -0.39 is 11.6 Å². The molecule has 2 aromatic carbocycles. The fraction of sp³-hybridized carbons (Fsp3) is 0.217. The van der Waals surface area contributed by atoms with Crippen LogP contribution in [-0.4, -0.2) is 17.5 Å². The number of guanidine groups is 1. The number of aromatic nitrogens is 1. The molecule has 0 fully saturated rings. The van der Waals surface area contributed by atoms with Crippen molar-refractivity contribution in [3.05, 3.63) is 95.3 Å². The lowest BCUT2D eigenvalue weighted by Crippen LogP contribution is -2.37. The highest BCUT2D eigenvalue weighted by Gasteiger charge is 2.06. The van der Waals surface area contributed by atoms with Gasteiger partial charge in [0.05, 0.1) is 12.2 Å². The summed E-state index contributed by atoms with van der Waals surface area (Å²) in [5.74, 6) is 0.310. The first kappa shape index (κ1) is 24.5. The van der Waals surface area contributed by atoms with Crippen LogP contribution in [0.1, 0.15) is 23.7 Å². The lowest BCUT2D eigenvalue weighted by molar-refractivity contribution is 0.301. The predicted octanol–water partition coefficient (Wildman–Crippen LogP) is 4.81. The first-order valence-corrected chi connectivity index (χ1v) is 9.72. The molecule has 3 aromatic rings. The summed E-state index contributed by atoms with van der Waals surface area (Å²) in [5.41, 5.74) is 2.05. The van der Waals surface area contributed by atoms with E-state index in [2.05, 4.69) is 20.6 Å². The van der Waals surface area contributed by atoms with Gasteiger partial charge in [0, 0.05) is 24.8 Å². The van der Waals surface area contributed by atoms with E-state index in [1.807, 2.05) is 49.4 Å². The van der Waals surface area contributed by atoms with Gasteiger partial charge in [-0.05, 0) is 55.0 Å². The molecular formula is C23H25F2IN4O. The number of halogens is 3. The van der Waals surface area contributed by atoms with Crippen LogP contribution in [0.5, 0.6) is 5.75 Å². The summed E-state index contributed by atoms with van der Waals surface area (Å²) >= 11 is 0. The zero-order valence-electron chi connectivity index (χ0n) is 17.1. The minimum Gasteiger partial charge on any atom is -0.487 e. The fourth-order valence-electron chi connectivity index (χ4n) is 2.74. The van der Waals surface area contributed by atoms with Crippen LogP contribution < -0.4 is 15.4 Å². The molecule has 3 rings (SSSR count). The van der Waals surface area contributed by atoms with Gasteiger partial charge < -0.3 is 15.4 Å². The third kappa shape index (κ3) is 8.12. The minimum absolute atomic E-state index is 0. The van der Waals surface area contributed by atoms with Crippen molar-refractivity contribution in [3.63, 3.8) is 0 Å². The van der Waals surface area contributed by atoms with Crippen molar-refractivity contribution in [1.82, 2.24) is 15.6 Å². The number of hydrogen-bond donors (Lipinski definition) is 2. The third-order valence-corrected chi connectivity index (χ3v) is 4.23. The quantitative estimate of drug-likeness (QED) is 0.246. The summed E-state index contributed by atoms with van der Waals surface area (Å²) in [5, 5.41) is 6.13. The monoisotopic (exact) mass is 538 g/mol. The topological polar surface area (TPSA) is 58.5 Å². The molecule has 0 unspecified atom stereocenters. The number of aliphatic imine (C=N–C) groups is 1. The van der Waals surface area contributed by atoms with E-state index in [4.69, 9.17) is 4.74 Å². The number of hydrogen-bond acceptors (Lipinski definition) is 3. The van der Waals surface area contributed by atoms with Crippen molar-refractivity contribution in [2.24, 2.45) is 4.99 Å². The Morgan fingerprint density at radius 1 is 1.03 bits per heavy atom. The van der Waals surface area contributed by atoms with Gasteiger partial charge in [0.1, 0.15) is 24.0 Å². The molecule has 31 heavy (non-hydrogen) atoms. The number of nitrogens with one attached hydrogen (secondary N) is 2. The largest absolute Gasteiger partial charge is 0.487 e. The van der Waals surface area contributed by atoms with Crippen LogP contribution in [0.4, 0.5) is 8.78 Å². The molecule has 0 aliphatic carbocycles. The van der Waals surface area contributed by atoms with Crippen molar-refractivity contribution in [2.45, 2.75) is 26.6 Å². The number of pyridine rings is 1. The average Bonchev–Trinajstić information content (AvgIpc) is 2.77. The van der Waals surface area contributed by atoms with Crippen LogP contribution in [0.3, 0.4) is 0 Å². The maximum atomic E-state index is 13.8. The van der Waals surface area contributed by atoms with Gasteiger partial charge in [-0.3, -0.25) is 4.98 Å². The Kier molecular flexibility index (Phi) is 10.2. The zero-order valence-corrected chi connectivity index (χ0v) is 19.5. The van der Waals surface area contributed by atoms with Gasteiger partial charge in [-0.1, -0.05) is 18.2 Å². The Bertz CT molecular complexity index is 986. The fourth-order valence-corrected chi connectivity index (χ4v) is 2.74. The predicted molar refractivity (Wildman–Crippen MR) is 128 cm³/mol. The van der Waals surface area contributed by atoms with Gasteiger partial charge >= 0.3 is 0 Å². The number of nitrogens with zero attached hydrogens (tertiary/aromatic N) is 2. The van der Waals surface area contributed by atoms with E-state index in [9.17, 15) is 8.78 Å². The molecule has 2 N–H and O–H groups in total. The van der Waals surface area contributed by atoms with E-state index in [1.165, 1.54) is 6.07 Å². The van der Waals surface area contributed by atoms with Crippen LogP contribution in [0.2, 0.25) is 0 Å². The van der Waals surface area contributed by atoms with E-state index >= 15 is 0 Å². The maximum Gasteiger partial charge on any atom is 0.191 e. The van der Waals surface area contributed by atoms with Crippen LogP contribution in [0.25, 0.3) is 0 Å². The molecule has 0 saturated heterocycles. The SMILES string of the molecule is CCNC(=NCc1cccc(OCc2ccccn2)c1)NCc1cc(F)ccc1F.I. The summed E-state index contributed by atoms with van der Waals surface area (Å²) in [6.45, 7) is 3.50. The lowest BCUT2D eigenvalue weighted by atomic mass is 10.2. The van der Waals surface area contributed by atoms with E-state index in [0.717, 1.165) is 29.1 Å². The summed E-state index contributed by atoms with van der Waals surface area (Å²) in [6.07, 6.45) is 1.73. The van der Waals surface area contributed by atoms with Crippen LogP contribution in [0.15, 0.2) is 71.9 Å². The molecule has 0 bridgehead atoms. The summed E-state index contributed by atoms with van der Waals surface area (Å²) in [4.78, 5) is 8.76. The normalized spacial score (nSPS) is 10.9. The average molecular weight is 538 g/mol. The first-order chi connectivity index (χ1) is 14.6. The first-order valence-electron chi connectivity index (χ1n) is 9.72. The van der Waals surface area contributed by atoms with Crippen molar-refractivity contribution in [3.8, 4) is 5.75 Å². The zero-order chi connectivity index (χ0) is 21.2. The number of rotatable bonds is 8. The van der Waals surface area contributed by atoms with Crippen molar-refractivity contribution in [2.75, 3.05) is 6.54 Å². The Labute approximate surface area is 198 Å². The highest BCUT2D eigenvalue weighted by Crippen LogP contribution is 2.15. The molecule has 0 spiro atoms. The molecular weight excluding hydrogens is 513 g/mol. The Morgan fingerprint density at radius 2 is 1.90 bits per heavy atom. The molecule has 0 amide bonds. The van der Waals surface area contributed by atoms with Gasteiger partial charge in [0.2, 0.25) is 0 Å². The van der Waals surface area contributed by atoms with Crippen LogP contribution >= 0.6 is 24.0 Å². The Morgan fingerprint density at radius 3 is 2.68 bits per heavy atom. The molecule has 8 heteroatoms. The number of ether oxygens (including phenoxy) is 1. The summed E-state index contributed by atoms with van der Waals surface area (Å²) in [7, 11) is 0. The molecule has 0 radical (unpaired) electrons. The Hall–Kier alpha value is -2.75. The van der Waals surface area contributed by atoms with Crippen molar-refractivity contribution < 1.29 is 13.5 Å². The van der Waals surface area contributed by atoms with E-state index in [-0.39, 0.29) is 36.1 Å². The second kappa shape index (κ2) is 12.8. The van der Waals surface area contributed by atoms with Gasteiger partial charge in [-0.15, -0.1) is 24.0 Å². The Balaban J connectivity index is 0.00000341. The van der Waals surface area contributed by atoms with Crippen molar-refractivity contribution >= 4 is 29.9 Å². The molecule has 0 aliphatic rings. The summed E-state index contributed by atoms with van der Waals surface area (Å²) in [6, 6.07) is 16.7. The molecule has 1 aromatic heterocycles. The van der Waals surface area contributed by atoms with Crippen LogP contribution in [-0.2, 0) is 19.7 Å². The second-order valence-corrected chi connectivity index (χ2v) is 6.54. The molecule has 0 aliphatic heterocycles. The molecule has 5 nitrogen and oxygen atoms in total. The highest BCUT2D eigenvalue weighted by molar-refractivity contribution is 14.0. The molecule has 1 heterocycles. The minimum atomic E-state index is -0.474. The van der Waals surface area contributed by atoms with Gasteiger partial charge in [-0.2, -0.15) is 0 Å². The third-order valence-electron chi connectivity index (χ3n) is 4.23. The van der Waals surface area contributed by atoms with Gasteiger partial charge in [0.15, 0.2) is 5.96 Å². The van der Waals surface area contributed by atoms with Crippen LogP contribution in [0, 0.1) is 11.6 Å². The molecule has 0 saturated carbocycles. The lowest BCUT2D eigenvalue weighted by Gasteiger charge is -2.12. The van der Waals surface area contributed by atoms with Crippen molar-refractivity contribution in [1.29, 1.82) is 0 Å². The van der Waals surface area contributed by atoms with E-state index in [0.29, 0.717) is 25.7 Å². The second-order valence-electron chi connectivity index (χ2n) is 6.54. The maximum absolute atomic E-state index is 13.8. The highest BCUT2D eigenvalue weighted by atomic mass is 127. The van der Waals surface area contributed by atoms with E-state index in [1.54, 1.807) is 6.20 Å². The summed E-state index contributed by atoms with van der Waals surface area (Å²) < 4.78 is 33.0. The smallest absolute Gasteiger partial charge is 0.191 e. The molecule has 0 atom stereocenters. The molecule has 164 valence electrons. The number of benzene rings is 2. The van der Waals surface area contributed by atoms with Gasteiger partial charge in [-0.25, -0.2) is 13.8 Å². The standard InChI is InChI=1S/C23H24F2N4O.HI/c1-2-26-23(29-15-18-13-19(24)9-10-22(18)25)28-14-17-6-5-8-21(12-17)30-16-20-7-3-4-11-27-20;/h3-13H,2,14-16H2,1H3,(H2,26,28,29);1H. The van der Waals surface area contributed by atoms with Gasteiger partial charge in [0.25, 0.3) is 0 Å².